The molecule has 4 rings (SSSR count). The van der Waals surface area contributed by atoms with Gasteiger partial charge in [0.25, 0.3) is 0 Å². The van der Waals surface area contributed by atoms with Crippen LogP contribution in [0.2, 0.25) is 0 Å². The fourth-order valence-corrected chi connectivity index (χ4v) is 5.37. The van der Waals surface area contributed by atoms with Crippen molar-refractivity contribution in [2.24, 2.45) is 11.8 Å². The molecule has 3 atom stereocenters. The highest BCUT2D eigenvalue weighted by Crippen LogP contribution is 2.36. The van der Waals surface area contributed by atoms with E-state index in [1.165, 1.54) is 12.1 Å². The molecule has 7 heteroatoms. The van der Waals surface area contributed by atoms with Crippen LogP contribution in [-0.4, -0.2) is 72.2 Å². The van der Waals surface area contributed by atoms with Crippen LogP contribution in [0.15, 0.2) is 24.3 Å². The third-order valence-corrected chi connectivity index (χ3v) is 7.00. The predicted octanol–water partition coefficient (Wildman–Crippen LogP) is 2.80. The summed E-state index contributed by atoms with van der Waals surface area (Å²) in [6.07, 6.45) is 3.80. The summed E-state index contributed by atoms with van der Waals surface area (Å²) in [7, 11) is 0. The van der Waals surface area contributed by atoms with Gasteiger partial charge in [-0.15, -0.1) is 0 Å². The third-order valence-electron chi connectivity index (χ3n) is 7.00. The lowest BCUT2D eigenvalue weighted by Crippen LogP contribution is -2.54. The van der Waals surface area contributed by atoms with Crippen molar-refractivity contribution in [3.63, 3.8) is 0 Å². The highest BCUT2D eigenvalue weighted by molar-refractivity contribution is 5.81. The largest absolute Gasteiger partial charge is 0.396 e. The summed E-state index contributed by atoms with van der Waals surface area (Å²) in [5.74, 6) is 0.530. The van der Waals surface area contributed by atoms with Gasteiger partial charge in [0, 0.05) is 45.1 Å². The number of fused-ring (bicyclic) bond motifs is 1. The van der Waals surface area contributed by atoms with Crippen molar-refractivity contribution in [3.8, 4) is 0 Å². The number of carbonyl (C=O) groups excluding carboxylic acids is 2. The van der Waals surface area contributed by atoms with Crippen molar-refractivity contribution in [1.29, 1.82) is 0 Å². The van der Waals surface area contributed by atoms with Crippen LogP contribution >= 0.6 is 0 Å². The average molecular weight is 419 g/mol. The normalized spacial score (nSPS) is 26.4. The zero-order chi connectivity index (χ0) is 21.1. The number of carbonyl (C=O) groups is 2. The number of hydrogen-bond acceptors (Lipinski definition) is 4. The number of Topliss-reactive ketones (excluding diaryl/α,β-unsaturated/α-hetero) is 1. The molecule has 3 aliphatic heterocycles. The number of piperidine rings is 2. The molecular weight excluding hydrogens is 387 g/mol. The van der Waals surface area contributed by atoms with Gasteiger partial charge in [-0.25, -0.2) is 9.18 Å². The summed E-state index contributed by atoms with van der Waals surface area (Å²) in [5, 5.41) is 9.53. The second kappa shape index (κ2) is 9.43. The summed E-state index contributed by atoms with van der Waals surface area (Å²) in [6.45, 7) is 2.96. The first-order valence-electron chi connectivity index (χ1n) is 11.1. The number of ketones is 1. The van der Waals surface area contributed by atoms with Crippen molar-refractivity contribution >= 4 is 11.8 Å². The van der Waals surface area contributed by atoms with Crippen LogP contribution in [0.1, 0.15) is 43.6 Å². The zero-order valence-electron chi connectivity index (χ0n) is 17.3. The summed E-state index contributed by atoms with van der Waals surface area (Å²) in [4.78, 5) is 28.6. The minimum absolute atomic E-state index is 0.0606. The molecule has 0 spiro atoms. The fraction of sp³-hybridized carbons (Fsp3) is 0.652. The number of aliphatic hydroxyl groups excluding tert-OH is 1. The van der Waals surface area contributed by atoms with E-state index in [1.807, 2.05) is 21.9 Å². The van der Waals surface area contributed by atoms with Crippen LogP contribution in [0.5, 0.6) is 0 Å². The topological polar surface area (TPSA) is 70.1 Å². The van der Waals surface area contributed by atoms with Crippen LogP contribution in [0.3, 0.4) is 0 Å². The number of ether oxygens (including phenoxy) is 1. The Kier molecular flexibility index (Phi) is 6.68. The van der Waals surface area contributed by atoms with Gasteiger partial charge in [-0.3, -0.25) is 4.79 Å². The Morgan fingerprint density at radius 1 is 1.13 bits per heavy atom. The Balaban J connectivity index is 1.33. The number of benzene rings is 1. The lowest BCUT2D eigenvalue weighted by Gasteiger charge is -2.43. The van der Waals surface area contributed by atoms with Gasteiger partial charge < -0.3 is 19.6 Å². The van der Waals surface area contributed by atoms with E-state index in [0.29, 0.717) is 44.9 Å². The van der Waals surface area contributed by atoms with Crippen molar-refractivity contribution in [2.75, 3.05) is 39.4 Å². The molecule has 0 radical (unpaired) electrons. The molecule has 6 nitrogen and oxygen atoms in total. The molecule has 3 heterocycles. The van der Waals surface area contributed by atoms with Gasteiger partial charge in [-0.05, 0) is 55.2 Å². The number of hydrogen-bond donors (Lipinski definition) is 1. The Morgan fingerprint density at radius 2 is 1.83 bits per heavy atom. The highest BCUT2D eigenvalue weighted by atomic mass is 19.1. The SMILES string of the molecule is O=C1CO[C@H]2CCN(C(=O)N3CCC([C@H](CCO)c4ccc(F)cc4)CC3)C[C@H]2C1. The first-order chi connectivity index (χ1) is 14.5. The number of likely N-dealkylation sites (tertiary alicyclic amines) is 2. The molecule has 3 saturated heterocycles. The highest BCUT2D eigenvalue weighted by Gasteiger charge is 2.38. The number of urea groups is 1. The monoisotopic (exact) mass is 418 g/mol. The standard InChI is InChI=1S/C23H31FN2O4/c24-19-3-1-16(2-4-19)21(8-12-27)17-5-9-25(10-6-17)23(29)26-11-7-22-18(14-26)13-20(28)15-30-22/h1-4,17-18,21-22,27H,5-15H2/t18-,21-,22+/m1/s1. The number of aliphatic hydroxyl groups is 1. The van der Waals surface area contributed by atoms with E-state index in [1.54, 1.807) is 0 Å². The quantitative estimate of drug-likeness (QED) is 0.816. The van der Waals surface area contributed by atoms with Crippen LogP contribution < -0.4 is 0 Å². The number of amides is 2. The van der Waals surface area contributed by atoms with Crippen LogP contribution in [0.25, 0.3) is 0 Å². The van der Waals surface area contributed by atoms with Gasteiger partial charge in [-0.2, -0.15) is 0 Å². The minimum Gasteiger partial charge on any atom is -0.396 e. The number of nitrogens with zero attached hydrogens (tertiary/aromatic N) is 2. The molecule has 3 aliphatic rings. The van der Waals surface area contributed by atoms with Crippen molar-refractivity contribution < 1.29 is 23.8 Å². The van der Waals surface area contributed by atoms with E-state index in [0.717, 1.165) is 24.8 Å². The summed E-state index contributed by atoms with van der Waals surface area (Å²) >= 11 is 0. The first kappa shape index (κ1) is 21.2. The van der Waals surface area contributed by atoms with Crippen LogP contribution in [-0.2, 0) is 9.53 Å². The Hall–Kier alpha value is -1.99. The lowest BCUT2D eigenvalue weighted by molar-refractivity contribution is -0.140. The second-order valence-electron chi connectivity index (χ2n) is 8.86. The van der Waals surface area contributed by atoms with E-state index in [-0.39, 0.29) is 48.8 Å². The van der Waals surface area contributed by atoms with Gasteiger partial charge in [0.05, 0.1) is 6.10 Å². The van der Waals surface area contributed by atoms with Gasteiger partial charge in [0.2, 0.25) is 0 Å². The molecule has 1 N–H and O–H groups in total. The second-order valence-corrected chi connectivity index (χ2v) is 8.86. The maximum Gasteiger partial charge on any atom is 0.320 e. The first-order valence-corrected chi connectivity index (χ1v) is 11.1. The smallest absolute Gasteiger partial charge is 0.320 e. The maximum absolute atomic E-state index is 13.3. The van der Waals surface area contributed by atoms with Crippen molar-refractivity contribution in [2.45, 2.75) is 44.1 Å². The van der Waals surface area contributed by atoms with Crippen molar-refractivity contribution in [1.82, 2.24) is 9.80 Å². The van der Waals surface area contributed by atoms with E-state index >= 15 is 0 Å². The van der Waals surface area contributed by atoms with Crippen LogP contribution in [0, 0.1) is 17.7 Å². The molecular formula is C23H31FN2O4. The van der Waals surface area contributed by atoms with Crippen LogP contribution in [0.4, 0.5) is 9.18 Å². The van der Waals surface area contributed by atoms with Crippen molar-refractivity contribution in [3.05, 3.63) is 35.6 Å². The molecule has 0 unspecified atom stereocenters. The van der Waals surface area contributed by atoms with E-state index in [9.17, 15) is 19.1 Å². The average Bonchev–Trinajstić information content (AvgIpc) is 2.77. The fourth-order valence-electron chi connectivity index (χ4n) is 5.37. The van der Waals surface area contributed by atoms with Gasteiger partial charge in [0.1, 0.15) is 12.4 Å². The molecule has 0 bridgehead atoms. The molecule has 0 saturated carbocycles. The van der Waals surface area contributed by atoms with E-state index < -0.39 is 0 Å². The molecule has 1 aromatic rings. The molecule has 0 aromatic heterocycles. The molecule has 0 aliphatic carbocycles. The predicted molar refractivity (Wildman–Crippen MR) is 110 cm³/mol. The molecule has 2 amide bonds. The van der Waals surface area contributed by atoms with E-state index in [2.05, 4.69) is 0 Å². The summed E-state index contributed by atoms with van der Waals surface area (Å²) in [5.41, 5.74) is 1.05. The Labute approximate surface area is 177 Å². The van der Waals surface area contributed by atoms with Gasteiger partial charge >= 0.3 is 6.03 Å². The van der Waals surface area contributed by atoms with Gasteiger partial charge in [0.15, 0.2) is 5.78 Å². The van der Waals surface area contributed by atoms with Gasteiger partial charge in [-0.1, -0.05) is 12.1 Å². The lowest BCUT2D eigenvalue weighted by atomic mass is 9.78. The molecule has 3 fully saturated rings. The number of halogens is 1. The maximum atomic E-state index is 13.3. The zero-order valence-corrected chi connectivity index (χ0v) is 17.3. The molecule has 30 heavy (non-hydrogen) atoms. The Bertz CT molecular complexity index is 748. The summed E-state index contributed by atoms with van der Waals surface area (Å²) < 4.78 is 18.9. The molecule has 1 aromatic carbocycles. The van der Waals surface area contributed by atoms with E-state index in [4.69, 9.17) is 4.74 Å². The Morgan fingerprint density at radius 3 is 2.53 bits per heavy atom. The summed E-state index contributed by atoms with van der Waals surface area (Å²) in [6, 6.07) is 6.63. The minimum atomic E-state index is -0.254. The third kappa shape index (κ3) is 4.67. The molecule has 164 valence electrons. The number of rotatable bonds is 4.